The SMILES string of the molecule is CCC(C)(C)C(=O)OC(C)CC(=O)OC1C2CC3CC(C2)CC1C3. The highest BCUT2D eigenvalue weighted by atomic mass is 16.6. The fourth-order valence-electron chi connectivity index (χ4n) is 5.03. The van der Waals surface area contributed by atoms with E-state index in [1.165, 1.54) is 32.1 Å². The Hall–Kier alpha value is -1.06. The molecule has 1 unspecified atom stereocenters. The van der Waals surface area contributed by atoms with E-state index in [2.05, 4.69) is 0 Å². The smallest absolute Gasteiger partial charge is 0.311 e. The number of carbonyl (C=O) groups is 2. The molecule has 4 heteroatoms. The number of hydrogen-bond donors (Lipinski definition) is 0. The zero-order chi connectivity index (χ0) is 17.5. The molecule has 0 saturated heterocycles. The van der Waals surface area contributed by atoms with Gasteiger partial charge in [-0.25, -0.2) is 0 Å². The van der Waals surface area contributed by atoms with Gasteiger partial charge in [0.2, 0.25) is 0 Å². The summed E-state index contributed by atoms with van der Waals surface area (Å²) in [6.07, 6.45) is 6.91. The Labute approximate surface area is 145 Å². The van der Waals surface area contributed by atoms with E-state index in [0.717, 1.165) is 18.3 Å². The van der Waals surface area contributed by atoms with Gasteiger partial charge >= 0.3 is 11.9 Å². The van der Waals surface area contributed by atoms with Crippen LogP contribution in [0.1, 0.15) is 72.6 Å². The minimum atomic E-state index is -0.500. The summed E-state index contributed by atoms with van der Waals surface area (Å²) in [6.45, 7) is 7.48. The maximum atomic E-state index is 12.3. The van der Waals surface area contributed by atoms with Crippen LogP contribution in [-0.2, 0) is 19.1 Å². The Morgan fingerprint density at radius 1 is 1.04 bits per heavy atom. The molecule has 4 bridgehead atoms. The summed E-state index contributed by atoms with van der Waals surface area (Å²) in [7, 11) is 0. The molecule has 4 aliphatic carbocycles. The van der Waals surface area contributed by atoms with Crippen LogP contribution in [0.5, 0.6) is 0 Å². The molecule has 0 aromatic heterocycles. The Balaban J connectivity index is 1.48. The molecule has 4 fully saturated rings. The Morgan fingerprint density at radius 2 is 1.58 bits per heavy atom. The molecular weight excluding hydrogens is 304 g/mol. The average Bonchev–Trinajstić information content (AvgIpc) is 2.49. The normalized spacial score (nSPS) is 35.6. The molecule has 0 aliphatic heterocycles. The van der Waals surface area contributed by atoms with Crippen LogP contribution in [0.15, 0.2) is 0 Å². The van der Waals surface area contributed by atoms with Crippen molar-refractivity contribution in [3.05, 3.63) is 0 Å². The maximum Gasteiger partial charge on any atom is 0.311 e. The van der Waals surface area contributed by atoms with Gasteiger partial charge < -0.3 is 9.47 Å². The van der Waals surface area contributed by atoms with E-state index in [0.29, 0.717) is 11.8 Å². The fraction of sp³-hybridized carbons (Fsp3) is 0.900. The van der Waals surface area contributed by atoms with Crippen LogP contribution in [0.25, 0.3) is 0 Å². The van der Waals surface area contributed by atoms with Gasteiger partial charge in [-0.1, -0.05) is 6.92 Å². The first-order valence-corrected chi connectivity index (χ1v) is 9.69. The van der Waals surface area contributed by atoms with Crippen molar-refractivity contribution in [2.45, 2.75) is 84.8 Å². The summed E-state index contributed by atoms with van der Waals surface area (Å²) in [4.78, 5) is 24.4. The largest absolute Gasteiger partial charge is 0.462 e. The average molecular weight is 336 g/mol. The summed E-state index contributed by atoms with van der Waals surface area (Å²) < 4.78 is 11.3. The highest BCUT2D eigenvalue weighted by Gasteiger charge is 2.49. The van der Waals surface area contributed by atoms with Crippen molar-refractivity contribution < 1.29 is 19.1 Å². The molecule has 0 N–H and O–H groups in total. The van der Waals surface area contributed by atoms with Crippen molar-refractivity contribution in [3.8, 4) is 0 Å². The van der Waals surface area contributed by atoms with Crippen molar-refractivity contribution in [2.24, 2.45) is 29.1 Å². The van der Waals surface area contributed by atoms with Gasteiger partial charge in [0.25, 0.3) is 0 Å². The zero-order valence-corrected chi connectivity index (χ0v) is 15.5. The van der Waals surface area contributed by atoms with Gasteiger partial charge in [-0.3, -0.25) is 9.59 Å². The van der Waals surface area contributed by atoms with Crippen molar-refractivity contribution >= 4 is 11.9 Å². The molecule has 0 spiro atoms. The van der Waals surface area contributed by atoms with Crippen LogP contribution >= 0.6 is 0 Å². The van der Waals surface area contributed by atoms with Crippen molar-refractivity contribution in [2.75, 3.05) is 0 Å². The highest BCUT2D eigenvalue weighted by molar-refractivity contribution is 5.77. The molecule has 4 rings (SSSR count). The lowest BCUT2D eigenvalue weighted by atomic mass is 9.55. The molecule has 4 nitrogen and oxygen atoms in total. The van der Waals surface area contributed by atoms with Gasteiger partial charge in [-0.15, -0.1) is 0 Å². The second-order valence-corrected chi connectivity index (χ2v) is 9.04. The molecule has 24 heavy (non-hydrogen) atoms. The predicted molar refractivity (Wildman–Crippen MR) is 91.2 cm³/mol. The second-order valence-electron chi connectivity index (χ2n) is 9.04. The molecular formula is C20H32O4. The highest BCUT2D eigenvalue weighted by Crippen LogP contribution is 2.54. The second kappa shape index (κ2) is 6.68. The first-order valence-electron chi connectivity index (χ1n) is 9.69. The van der Waals surface area contributed by atoms with Crippen molar-refractivity contribution in [1.82, 2.24) is 0 Å². The predicted octanol–water partition coefficient (Wildman–Crippen LogP) is 4.11. The quantitative estimate of drug-likeness (QED) is 0.685. The van der Waals surface area contributed by atoms with E-state index >= 15 is 0 Å². The minimum absolute atomic E-state index is 0.111. The standard InChI is InChI=1S/C20H32O4/c1-5-20(3,4)19(22)23-12(2)6-17(21)24-18-15-8-13-7-14(10-15)11-16(18)9-13/h12-16,18H,5-11H2,1-4H3. The van der Waals surface area contributed by atoms with Crippen LogP contribution in [0, 0.1) is 29.1 Å². The number of rotatable bonds is 6. The molecule has 4 saturated carbocycles. The lowest BCUT2D eigenvalue weighted by molar-refractivity contribution is -0.175. The zero-order valence-electron chi connectivity index (χ0n) is 15.5. The van der Waals surface area contributed by atoms with E-state index in [4.69, 9.17) is 9.47 Å². The van der Waals surface area contributed by atoms with E-state index in [9.17, 15) is 9.59 Å². The van der Waals surface area contributed by atoms with E-state index < -0.39 is 11.5 Å². The monoisotopic (exact) mass is 336 g/mol. The molecule has 0 amide bonds. The summed E-state index contributed by atoms with van der Waals surface area (Å²) in [5, 5.41) is 0. The summed E-state index contributed by atoms with van der Waals surface area (Å²) >= 11 is 0. The van der Waals surface area contributed by atoms with Gasteiger partial charge in [-0.2, -0.15) is 0 Å². The van der Waals surface area contributed by atoms with Gasteiger partial charge in [0.1, 0.15) is 12.2 Å². The lowest BCUT2D eigenvalue weighted by Crippen LogP contribution is -2.50. The van der Waals surface area contributed by atoms with Gasteiger partial charge in [-0.05, 0) is 83.0 Å². The van der Waals surface area contributed by atoms with E-state index in [-0.39, 0.29) is 24.5 Å². The molecule has 136 valence electrons. The molecule has 0 aromatic carbocycles. The summed E-state index contributed by atoms with van der Waals surface area (Å²) in [5.74, 6) is 2.45. The van der Waals surface area contributed by atoms with Crippen LogP contribution in [0.2, 0.25) is 0 Å². The topological polar surface area (TPSA) is 52.6 Å². The van der Waals surface area contributed by atoms with E-state index in [1.807, 2.05) is 20.8 Å². The number of hydrogen-bond acceptors (Lipinski definition) is 4. The third-order valence-corrected chi connectivity index (χ3v) is 6.61. The summed E-state index contributed by atoms with van der Waals surface area (Å²) in [6, 6.07) is 0. The van der Waals surface area contributed by atoms with Crippen LogP contribution in [0.4, 0.5) is 0 Å². The summed E-state index contributed by atoms with van der Waals surface area (Å²) in [5.41, 5.74) is -0.500. The number of carbonyl (C=O) groups excluding carboxylic acids is 2. The molecule has 0 heterocycles. The van der Waals surface area contributed by atoms with Gasteiger partial charge in [0.05, 0.1) is 11.8 Å². The fourth-order valence-corrected chi connectivity index (χ4v) is 5.03. The number of esters is 2. The van der Waals surface area contributed by atoms with Crippen molar-refractivity contribution in [3.63, 3.8) is 0 Å². The molecule has 0 radical (unpaired) electrons. The number of ether oxygens (including phenoxy) is 2. The van der Waals surface area contributed by atoms with Gasteiger partial charge in [0, 0.05) is 0 Å². The molecule has 0 aromatic rings. The van der Waals surface area contributed by atoms with E-state index in [1.54, 1.807) is 6.92 Å². The Morgan fingerprint density at radius 3 is 2.08 bits per heavy atom. The molecule has 1 atom stereocenters. The third kappa shape index (κ3) is 3.62. The van der Waals surface area contributed by atoms with Crippen LogP contribution < -0.4 is 0 Å². The Bertz CT molecular complexity index is 468. The van der Waals surface area contributed by atoms with Crippen molar-refractivity contribution in [1.29, 1.82) is 0 Å². The van der Waals surface area contributed by atoms with Crippen LogP contribution in [-0.4, -0.2) is 24.1 Å². The molecule has 4 aliphatic rings. The maximum absolute atomic E-state index is 12.3. The van der Waals surface area contributed by atoms with Crippen LogP contribution in [0.3, 0.4) is 0 Å². The Kier molecular flexibility index (Phi) is 4.94. The first kappa shape index (κ1) is 17.8. The minimum Gasteiger partial charge on any atom is -0.462 e. The third-order valence-electron chi connectivity index (χ3n) is 6.61. The first-order chi connectivity index (χ1) is 11.3. The lowest BCUT2D eigenvalue weighted by Gasteiger charge is -2.53. The van der Waals surface area contributed by atoms with Gasteiger partial charge in [0.15, 0.2) is 0 Å².